The Bertz CT molecular complexity index is 829. The van der Waals surface area contributed by atoms with Gasteiger partial charge in [-0.1, -0.05) is 18.2 Å². The number of hydrogen-bond acceptors (Lipinski definition) is 4. The number of rotatable bonds is 8. The molecular weight excluding hydrogens is 378 g/mol. The van der Waals surface area contributed by atoms with E-state index in [1.165, 1.54) is 25.3 Å². The maximum Gasteiger partial charge on any atom is 0.248 e. The quantitative estimate of drug-likeness (QED) is 0.735. The molecule has 0 aliphatic carbocycles. The number of methoxy groups -OCH3 is 1. The maximum atomic E-state index is 13.6. The average molecular weight is 404 g/mol. The molecule has 2 aromatic carbocycles. The molecule has 0 aromatic heterocycles. The molecule has 1 aliphatic heterocycles. The summed E-state index contributed by atoms with van der Waals surface area (Å²) < 4.78 is 37.3. The van der Waals surface area contributed by atoms with Crippen LogP contribution in [0.4, 0.5) is 8.78 Å². The lowest BCUT2D eigenvalue weighted by Gasteiger charge is -2.33. The van der Waals surface area contributed by atoms with Crippen LogP contribution in [0.25, 0.3) is 0 Å². The molecule has 0 spiro atoms. The van der Waals surface area contributed by atoms with Crippen molar-refractivity contribution in [1.82, 2.24) is 10.2 Å². The number of carbonyl (C=O) groups is 1. The van der Waals surface area contributed by atoms with Gasteiger partial charge in [0.25, 0.3) is 0 Å². The molecule has 1 saturated heterocycles. The summed E-state index contributed by atoms with van der Waals surface area (Å²) in [6, 6.07) is 11.1. The summed E-state index contributed by atoms with van der Waals surface area (Å²) in [7, 11) is 1.44. The number of ether oxygens (including phenoxy) is 2. The van der Waals surface area contributed by atoms with Gasteiger partial charge in [-0.15, -0.1) is 0 Å². The van der Waals surface area contributed by atoms with E-state index < -0.39 is 5.82 Å². The smallest absolute Gasteiger partial charge is 0.248 e. The van der Waals surface area contributed by atoms with Crippen molar-refractivity contribution in [2.45, 2.75) is 25.5 Å². The van der Waals surface area contributed by atoms with Gasteiger partial charge in [0.15, 0.2) is 11.6 Å². The Labute approximate surface area is 169 Å². The first-order valence-corrected chi connectivity index (χ1v) is 9.67. The van der Waals surface area contributed by atoms with Gasteiger partial charge in [0.1, 0.15) is 12.4 Å². The Morgan fingerprint density at radius 3 is 2.72 bits per heavy atom. The van der Waals surface area contributed by atoms with E-state index in [-0.39, 0.29) is 36.2 Å². The minimum atomic E-state index is -0.394. The topological polar surface area (TPSA) is 50.8 Å². The average Bonchev–Trinajstić information content (AvgIpc) is 2.73. The molecule has 1 unspecified atom stereocenters. The lowest BCUT2D eigenvalue weighted by Crippen LogP contribution is -2.50. The first-order valence-electron chi connectivity index (χ1n) is 9.67. The molecule has 1 fully saturated rings. The monoisotopic (exact) mass is 404 g/mol. The molecule has 2 atom stereocenters. The van der Waals surface area contributed by atoms with Crippen LogP contribution < -0.4 is 10.1 Å². The van der Waals surface area contributed by atoms with Gasteiger partial charge in [-0.2, -0.15) is 0 Å². The minimum Gasteiger partial charge on any atom is -0.494 e. The number of halogens is 2. The van der Waals surface area contributed by atoms with Crippen molar-refractivity contribution in [3.63, 3.8) is 0 Å². The Morgan fingerprint density at radius 1 is 1.24 bits per heavy atom. The second-order valence-electron chi connectivity index (χ2n) is 7.17. The van der Waals surface area contributed by atoms with Crippen molar-refractivity contribution in [1.29, 1.82) is 0 Å². The number of hydrogen-bond donors (Lipinski definition) is 1. The third kappa shape index (κ3) is 5.74. The molecule has 0 saturated carbocycles. The predicted octanol–water partition coefficient (Wildman–Crippen LogP) is 3.09. The molecule has 0 radical (unpaired) electrons. The van der Waals surface area contributed by atoms with Gasteiger partial charge in [-0.25, -0.2) is 8.78 Å². The van der Waals surface area contributed by atoms with E-state index >= 15 is 0 Å². The SMILES string of the molecule is COc1cc([C@@H](C)NCC2CN(CCc3ccc(F)cc3)C(=O)CO2)ccc1F. The molecule has 0 bridgehead atoms. The summed E-state index contributed by atoms with van der Waals surface area (Å²) in [5, 5.41) is 3.37. The Hall–Kier alpha value is -2.51. The van der Waals surface area contributed by atoms with Crippen LogP contribution in [-0.4, -0.2) is 50.3 Å². The van der Waals surface area contributed by atoms with Crippen LogP contribution >= 0.6 is 0 Å². The standard InChI is InChI=1S/C22H26F2N2O3/c1-15(17-5-8-20(24)21(11-17)28-2)25-12-19-13-26(22(27)14-29-19)10-9-16-3-6-18(23)7-4-16/h3-8,11,15,19,25H,9-10,12-14H2,1-2H3/t15-,19?/m1/s1. The summed E-state index contributed by atoms with van der Waals surface area (Å²) >= 11 is 0. The molecule has 1 N–H and O–H groups in total. The Morgan fingerprint density at radius 2 is 2.00 bits per heavy atom. The highest BCUT2D eigenvalue weighted by Gasteiger charge is 2.26. The zero-order valence-corrected chi connectivity index (χ0v) is 16.7. The predicted molar refractivity (Wildman–Crippen MR) is 106 cm³/mol. The van der Waals surface area contributed by atoms with Crippen molar-refractivity contribution >= 4 is 5.91 Å². The van der Waals surface area contributed by atoms with Crippen LogP contribution in [0.5, 0.6) is 5.75 Å². The molecule has 3 rings (SSSR count). The molecule has 156 valence electrons. The highest BCUT2D eigenvalue weighted by Crippen LogP contribution is 2.22. The third-order valence-corrected chi connectivity index (χ3v) is 5.13. The van der Waals surface area contributed by atoms with Gasteiger partial charge in [0.2, 0.25) is 5.91 Å². The number of nitrogens with one attached hydrogen (secondary N) is 1. The van der Waals surface area contributed by atoms with Gasteiger partial charge in [-0.3, -0.25) is 4.79 Å². The normalized spacial score (nSPS) is 18.0. The Balaban J connectivity index is 1.50. The fourth-order valence-electron chi connectivity index (χ4n) is 3.31. The third-order valence-electron chi connectivity index (χ3n) is 5.13. The summed E-state index contributed by atoms with van der Waals surface area (Å²) in [5.41, 5.74) is 1.89. The molecule has 1 amide bonds. The van der Waals surface area contributed by atoms with Crippen molar-refractivity contribution in [3.8, 4) is 5.75 Å². The molecule has 29 heavy (non-hydrogen) atoms. The van der Waals surface area contributed by atoms with E-state index in [9.17, 15) is 13.6 Å². The molecule has 1 aliphatic rings. The summed E-state index contributed by atoms with van der Waals surface area (Å²) in [4.78, 5) is 13.9. The molecular formula is C22H26F2N2O3. The van der Waals surface area contributed by atoms with Crippen LogP contribution in [0.15, 0.2) is 42.5 Å². The van der Waals surface area contributed by atoms with E-state index in [1.54, 1.807) is 29.2 Å². The number of morpholine rings is 1. The molecule has 1 heterocycles. The molecule has 2 aromatic rings. The van der Waals surface area contributed by atoms with Gasteiger partial charge in [0.05, 0.1) is 13.2 Å². The lowest BCUT2D eigenvalue weighted by atomic mass is 10.1. The van der Waals surface area contributed by atoms with Crippen LogP contribution in [0.3, 0.4) is 0 Å². The minimum absolute atomic E-state index is 0.0293. The van der Waals surface area contributed by atoms with E-state index in [4.69, 9.17) is 9.47 Å². The number of carbonyl (C=O) groups excluding carboxylic acids is 1. The van der Waals surface area contributed by atoms with E-state index in [0.29, 0.717) is 26.1 Å². The van der Waals surface area contributed by atoms with Crippen LogP contribution in [0, 0.1) is 11.6 Å². The Kier molecular flexibility index (Phi) is 7.17. The number of benzene rings is 2. The van der Waals surface area contributed by atoms with Gasteiger partial charge in [-0.05, 0) is 48.7 Å². The fourth-order valence-corrected chi connectivity index (χ4v) is 3.31. The first kappa shape index (κ1) is 21.2. The first-order chi connectivity index (χ1) is 14.0. The highest BCUT2D eigenvalue weighted by molar-refractivity contribution is 5.78. The highest BCUT2D eigenvalue weighted by atomic mass is 19.1. The van der Waals surface area contributed by atoms with Crippen molar-refractivity contribution < 1.29 is 23.0 Å². The van der Waals surface area contributed by atoms with Crippen molar-refractivity contribution in [2.24, 2.45) is 0 Å². The van der Waals surface area contributed by atoms with E-state index in [2.05, 4.69) is 5.32 Å². The number of amides is 1. The maximum absolute atomic E-state index is 13.6. The van der Waals surface area contributed by atoms with Crippen molar-refractivity contribution in [3.05, 3.63) is 65.2 Å². The van der Waals surface area contributed by atoms with Gasteiger partial charge in [0, 0.05) is 25.7 Å². The summed E-state index contributed by atoms with van der Waals surface area (Å²) in [6.07, 6.45) is 0.531. The largest absolute Gasteiger partial charge is 0.494 e. The van der Waals surface area contributed by atoms with Gasteiger partial charge >= 0.3 is 0 Å². The molecule has 5 nitrogen and oxygen atoms in total. The van der Waals surface area contributed by atoms with Crippen LogP contribution in [0.2, 0.25) is 0 Å². The zero-order chi connectivity index (χ0) is 20.8. The van der Waals surface area contributed by atoms with Crippen molar-refractivity contribution in [2.75, 3.05) is 33.4 Å². The second kappa shape index (κ2) is 9.80. The molecule has 7 heteroatoms. The summed E-state index contributed by atoms with van der Waals surface area (Å²) in [5.74, 6) is -0.494. The fraction of sp³-hybridized carbons (Fsp3) is 0.409. The van der Waals surface area contributed by atoms with Crippen LogP contribution in [0.1, 0.15) is 24.1 Å². The summed E-state index contributed by atoms with van der Waals surface area (Å²) in [6.45, 7) is 3.64. The second-order valence-corrected chi connectivity index (χ2v) is 7.17. The van der Waals surface area contributed by atoms with E-state index in [0.717, 1.165) is 11.1 Å². The number of nitrogens with zero attached hydrogens (tertiary/aromatic N) is 1. The van der Waals surface area contributed by atoms with Crippen LogP contribution in [-0.2, 0) is 16.0 Å². The lowest BCUT2D eigenvalue weighted by molar-refractivity contribution is -0.148. The van der Waals surface area contributed by atoms with E-state index in [1.807, 2.05) is 6.92 Å². The van der Waals surface area contributed by atoms with Gasteiger partial charge < -0.3 is 19.7 Å². The zero-order valence-electron chi connectivity index (χ0n) is 16.7.